The first-order valence-corrected chi connectivity index (χ1v) is 22.5. The van der Waals surface area contributed by atoms with E-state index in [-0.39, 0.29) is 32.2 Å². The van der Waals surface area contributed by atoms with E-state index < -0.39 is 24.3 Å². The van der Waals surface area contributed by atoms with E-state index in [2.05, 4.69) is 38.2 Å². The van der Waals surface area contributed by atoms with Crippen LogP contribution in [0.5, 0.6) is 0 Å². The zero-order valence-corrected chi connectivity index (χ0v) is 36.3. The third kappa shape index (κ3) is 39.8. The van der Waals surface area contributed by atoms with Crippen LogP contribution in [0.25, 0.3) is 0 Å². The number of ether oxygens (including phenoxy) is 4. The second-order valence-electron chi connectivity index (χ2n) is 16.3. The normalized spacial score (nSPS) is 13.1. The number of carboxylic acid groups (broad SMARTS) is 1. The van der Waals surface area contributed by atoms with Gasteiger partial charge >= 0.3 is 11.9 Å². The highest BCUT2D eigenvalue weighted by atomic mass is 16.7. The van der Waals surface area contributed by atoms with E-state index in [1.54, 1.807) is 0 Å². The fourth-order valence-electron chi connectivity index (χ4n) is 6.14. The summed E-state index contributed by atoms with van der Waals surface area (Å²) in [7, 11) is 5.90. The molecule has 0 aliphatic rings. The Morgan fingerprint density at radius 3 is 1.49 bits per heavy atom. The van der Waals surface area contributed by atoms with Crippen LogP contribution in [0.3, 0.4) is 0 Å². The highest BCUT2D eigenvalue weighted by Gasteiger charge is 2.21. The minimum Gasteiger partial charge on any atom is -0.545 e. The van der Waals surface area contributed by atoms with Crippen molar-refractivity contribution in [1.82, 2.24) is 0 Å². The van der Waals surface area contributed by atoms with Gasteiger partial charge in [-0.25, -0.2) is 0 Å². The number of hydrogen-bond acceptors (Lipinski definition) is 8. The Bertz CT molecular complexity index is 960. The van der Waals surface area contributed by atoms with Crippen LogP contribution >= 0.6 is 0 Å². The molecule has 0 N–H and O–H groups in total. The van der Waals surface area contributed by atoms with Gasteiger partial charge in [0.25, 0.3) is 0 Å². The molecule has 0 rings (SSSR count). The first kappa shape index (κ1) is 52.8. The van der Waals surface area contributed by atoms with Crippen LogP contribution in [-0.4, -0.2) is 82.3 Å². The number of carbonyl (C=O) groups excluding carboxylic acids is 3. The molecule has 0 spiro atoms. The van der Waals surface area contributed by atoms with Gasteiger partial charge in [-0.3, -0.25) is 9.59 Å². The summed E-state index contributed by atoms with van der Waals surface area (Å²) >= 11 is 0. The van der Waals surface area contributed by atoms with Gasteiger partial charge < -0.3 is 33.3 Å². The highest BCUT2D eigenvalue weighted by molar-refractivity contribution is 5.70. The number of carbonyl (C=O) groups is 3. The van der Waals surface area contributed by atoms with Gasteiger partial charge in [0.2, 0.25) is 0 Å². The van der Waals surface area contributed by atoms with Crippen molar-refractivity contribution < 1.29 is 42.9 Å². The van der Waals surface area contributed by atoms with Crippen LogP contribution in [0.4, 0.5) is 0 Å². The minimum absolute atomic E-state index is 0.146. The topological polar surface area (TPSA) is 111 Å². The lowest BCUT2D eigenvalue weighted by atomic mass is 10.0. The SMILES string of the molecule is CCCC/C=C\C/C=C\CCCCCCCC(=O)OC(COC(=O)CCCCCCCCCCCCCCCCCC)COC(OCC[N+](C)(C)C)C(=O)[O-]. The Morgan fingerprint density at radius 1 is 0.545 bits per heavy atom. The van der Waals surface area contributed by atoms with Crippen molar-refractivity contribution in [1.29, 1.82) is 0 Å². The van der Waals surface area contributed by atoms with E-state index >= 15 is 0 Å². The van der Waals surface area contributed by atoms with Crippen molar-refractivity contribution in [3.63, 3.8) is 0 Å². The molecule has 55 heavy (non-hydrogen) atoms. The van der Waals surface area contributed by atoms with E-state index in [1.165, 1.54) is 96.3 Å². The third-order valence-electron chi connectivity index (χ3n) is 9.70. The van der Waals surface area contributed by atoms with Crippen LogP contribution in [0.15, 0.2) is 24.3 Å². The molecule has 0 aromatic carbocycles. The molecule has 0 radical (unpaired) electrons. The zero-order valence-electron chi connectivity index (χ0n) is 36.3. The highest BCUT2D eigenvalue weighted by Crippen LogP contribution is 2.15. The zero-order chi connectivity index (χ0) is 40.7. The lowest BCUT2D eigenvalue weighted by molar-refractivity contribution is -0.870. The predicted octanol–water partition coefficient (Wildman–Crippen LogP) is 10.3. The maximum absolute atomic E-state index is 12.7. The Hall–Kier alpha value is -2.23. The van der Waals surface area contributed by atoms with E-state index in [1.807, 2.05) is 21.1 Å². The molecule has 9 heteroatoms. The van der Waals surface area contributed by atoms with Crippen LogP contribution in [0.2, 0.25) is 0 Å². The third-order valence-corrected chi connectivity index (χ3v) is 9.70. The number of carboxylic acids is 1. The summed E-state index contributed by atoms with van der Waals surface area (Å²) in [5.74, 6) is -2.30. The molecule has 0 saturated carbocycles. The van der Waals surface area contributed by atoms with Crippen LogP contribution in [0.1, 0.15) is 194 Å². The predicted molar refractivity (Wildman–Crippen MR) is 223 cm³/mol. The second kappa shape index (κ2) is 38.6. The van der Waals surface area contributed by atoms with Crippen molar-refractivity contribution in [2.45, 2.75) is 206 Å². The van der Waals surface area contributed by atoms with Crippen LogP contribution in [-0.2, 0) is 33.3 Å². The van der Waals surface area contributed by atoms with Crippen molar-refractivity contribution >= 4 is 17.9 Å². The summed E-state index contributed by atoms with van der Waals surface area (Å²) in [5.41, 5.74) is 0. The summed E-state index contributed by atoms with van der Waals surface area (Å²) in [5, 5.41) is 11.7. The minimum atomic E-state index is -1.62. The van der Waals surface area contributed by atoms with Gasteiger partial charge in [0, 0.05) is 12.8 Å². The van der Waals surface area contributed by atoms with E-state index in [4.69, 9.17) is 18.9 Å². The van der Waals surface area contributed by atoms with Crippen molar-refractivity contribution in [2.24, 2.45) is 0 Å². The van der Waals surface area contributed by atoms with Gasteiger partial charge in [-0.15, -0.1) is 0 Å². The lowest BCUT2D eigenvalue weighted by Gasteiger charge is -2.26. The molecule has 2 atom stereocenters. The van der Waals surface area contributed by atoms with Gasteiger partial charge in [0.05, 0.1) is 40.3 Å². The molecule has 0 saturated heterocycles. The second-order valence-corrected chi connectivity index (χ2v) is 16.3. The number of likely N-dealkylation sites (N-methyl/N-ethyl adjacent to an activating group) is 1. The number of allylic oxidation sites excluding steroid dienone is 4. The monoisotopic (exact) mass is 780 g/mol. The Morgan fingerprint density at radius 2 is 1.00 bits per heavy atom. The lowest BCUT2D eigenvalue weighted by Crippen LogP contribution is -2.44. The summed E-state index contributed by atoms with van der Waals surface area (Å²) in [6, 6.07) is 0. The summed E-state index contributed by atoms with van der Waals surface area (Å²) in [6.07, 6.45) is 37.7. The first-order chi connectivity index (χ1) is 26.6. The van der Waals surface area contributed by atoms with Crippen LogP contribution in [0, 0.1) is 0 Å². The van der Waals surface area contributed by atoms with Gasteiger partial charge in [0.1, 0.15) is 13.2 Å². The van der Waals surface area contributed by atoms with Gasteiger partial charge in [-0.05, 0) is 38.5 Å². The average molecular weight is 780 g/mol. The van der Waals surface area contributed by atoms with Gasteiger partial charge in [0.15, 0.2) is 12.4 Å². The molecule has 9 nitrogen and oxygen atoms in total. The molecule has 0 bridgehead atoms. The number of quaternary nitrogens is 1. The molecule has 0 aliphatic heterocycles. The number of aliphatic carboxylic acids is 1. The molecule has 2 unspecified atom stereocenters. The largest absolute Gasteiger partial charge is 0.545 e. The summed E-state index contributed by atoms with van der Waals surface area (Å²) in [6.45, 7) is 4.69. The number of esters is 2. The molecule has 0 aromatic rings. The molecule has 322 valence electrons. The maximum Gasteiger partial charge on any atom is 0.306 e. The maximum atomic E-state index is 12.7. The number of nitrogens with zero attached hydrogens (tertiary/aromatic N) is 1. The number of unbranched alkanes of at least 4 members (excludes halogenated alkanes) is 22. The fraction of sp³-hybridized carbons (Fsp3) is 0.848. The van der Waals surface area contributed by atoms with E-state index in [9.17, 15) is 19.5 Å². The van der Waals surface area contributed by atoms with Crippen LogP contribution < -0.4 is 5.11 Å². The molecule has 0 amide bonds. The first-order valence-electron chi connectivity index (χ1n) is 22.5. The molecule has 0 aliphatic carbocycles. The van der Waals surface area contributed by atoms with E-state index in [0.717, 1.165) is 64.2 Å². The number of rotatable bonds is 41. The molecular weight excluding hydrogens is 695 g/mol. The molecule has 0 heterocycles. The summed E-state index contributed by atoms with van der Waals surface area (Å²) < 4.78 is 22.5. The number of hydrogen-bond donors (Lipinski definition) is 0. The standard InChI is InChI=1S/C46H85NO8/c1-6-8-10-12-14-16-18-20-22-23-25-26-28-30-32-34-36-43(48)53-40-42(41-54-46(45(50)51)52-39-38-47(3,4)5)55-44(49)37-35-33-31-29-27-24-21-19-17-15-13-11-9-7-2/h13,15,19,21,42,46H,6-12,14,16-18,20,22-41H2,1-5H3/b15-13-,21-19-. The Labute approximate surface area is 337 Å². The summed E-state index contributed by atoms with van der Waals surface area (Å²) in [4.78, 5) is 36.9. The van der Waals surface area contributed by atoms with Gasteiger partial charge in [-0.1, -0.05) is 167 Å². The molecule has 0 aromatic heterocycles. The van der Waals surface area contributed by atoms with Crippen molar-refractivity contribution in [3.8, 4) is 0 Å². The quantitative estimate of drug-likeness (QED) is 0.0198. The fourth-order valence-corrected chi connectivity index (χ4v) is 6.14. The van der Waals surface area contributed by atoms with E-state index in [0.29, 0.717) is 23.9 Å². The van der Waals surface area contributed by atoms with Crippen molar-refractivity contribution in [3.05, 3.63) is 24.3 Å². The Balaban J connectivity index is 4.43. The van der Waals surface area contributed by atoms with Crippen molar-refractivity contribution in [2.75, 3.05) is 47.5 Å². The smallest absolute Gasteiger partial charge is 0.306 e. The molecule has 0 fully saturated rings. The average Bonchev–Trinajstić information content (AvgIpc) is 3.14. The van der Waals surface area contributed by atoms with Gasteiger partial charge in [-0.2, -0.15) is 0 Å². The molecular formula is C46H85NO8. The Kier molecular flexibility index (Phi) is 37.1.